The maximum absolute atomic E-state index is 13.5. The minimum Gasteiger partial charge on any atom is -0.495 e. The molecule has 3 aromatic carbocycles. The van der Waals surface area contributed by atoms with E-state index in [1.165, 1.54) is 17.5 Å². The molecular formula is C21H20ClNO3S. The van der Waals surface area contributed by atoms with Crippen LogP contribution in [0.3, 0.4) is 0 Å². The van der Waals surface area contributed by atoms with Crippen LogP contribution in [0.15, 0.2) is 83.8 Å². The summed E-state index contributed by atoms with van der Waals surface area (Å²) in [5.41, 5.74) is 1.80. The second-order valence-corrected chi connectivity index (χ2v) is 8.38. The predicted octanol–water partition coefficient (Wildman–Crippen LogP) is 4.74. The molecule has 0 aliphatic rings. The lowest BCUT2D eigenvalue weighted by Crippen LogP contribution is -2.30. The molecule has 3 rings (SSSR count). The molecule has 0 N–H and O–H groups in total. The van der Waals surface area contributed by atoms with Crippen molar-refractivity contribution >= 4 is 21.6 Å². The summed E-state index contributed by atoms with van der Waals surface area (Å²) in [6.45, 7) is 0.488. The van der Waals surface area contributed by atoms with E-state index < -0.39 is 10.0 Å². The van der Waals surface area contributed by atoms with Gasteiger partial charge in [0.2, 0.25) is 10.0 Å². The quantitative estimate of drug-likeness (QED) is 0.574. The summed E-state index contributed by atoms with van der Waals surface area (Å²) in [5, 5.41) is 0.341. The number of hydrogen-bond acceptors (Lipinski definition) is 3. The summed E-state index contributed by atoms with van der Waals surface area (Å²) in [6, 6.07) is 23.6. The van der Waals surface area contributed by atoms with Gasteiger partial charge < -0.3 is 4.74 Å². The van der Waals surface area contributed by atoms with Crippen LogP contribution in [0.2, 0.25) is 5.02 Å². The first-order valence-electron chi connectivity index (χ1n) is 8.42. The van der Waals surface area contributed by atoms with Crippen molar-refractivity contribution in [2.24, 2.45) is 0 Å². The maximum Gasteiger partial charge on any atom is 0.247 e. The minimum atomic E-state index is -3.84. The monoisotopic (exact) mass is 401 g/mol. The summed E-state index contributed by atoms with van der Waals surface area (Å²) >= 11 is 6.07. The Hall–Kier alpha value is -2.34. The average Bonchev–Trinajstić information content (AvgIpc) is 2.69. The summed E-state index contributed by atoms with van der Waals surface area (Å²) in [5.74, 6) is 0.269. The molecule has 140 valence electrons. The highest BCUT2D eigenvalue weighted by molar-refractivity contribution is 7.89. The Bertz CT molecular complexity index is 951. The third kappa shape index (κ3) is 4.69. The van der Waals surface area contributed by atoms with E-state index in [0.717, 1.165) is 11.1 Å². The fraction of sp³-hybridized carbons (Fsp3) is 0.143. The molecule has 27 heavy (non-hydrogen) atoms. The van der Waals surface area contributed by atoms with Gasteiger partial charge in [-0.3, -0.25) is 0 Å². The highest BCUT2D eigenvalue weighted by Gasteiger charge is 2.28. The zero-order valence-corrected chi connectivity index (χ0v) is 16.5. The summed E-state index contributed by atoms with van der Waals surface area (Å²) < 4.78 is 33.6. The van der Waals surface area contributed by atoms with Gasteiger partial charge in [0.15, 0.2) is 0 Å². The number of rotatable bonds is 7. The average molecular weight is 402 g/mol. The van der Waals surface area contributed by atoms with E-state index in [2.05, 4.69) is 0 Å². The molecular weight excluding hydrogens is 382 g/mol. The second kappa shape index (κ2) is 8.57. The lowest BCUT2D eigenvalue weighted by Gasteiger charge is -2.23. The molecule has 0 aliphatic heterocycles. The SMILES string of the molecule is COc1ccc(Cl)cc1S(=O)(=O)N(Cc1ccccc1)Cc1ccccc1. The van der Waals surface area contributed by atoms with Gasteiger partial charge in [-0.05, 0) is 29.3 Å². The molecule has 6 heteroatoms. The number of ether oxygens (including phenoxy) is 1. The van der Waals surface area contributed by atoms with Crippen molar-refractivity contribution in [3.05, 3.63) is 95.0 Å². The molecule has 0 saturated heterocycles. The first kappa shape index (κ1) is 19.4. The van der Waals surface area contributed by atoms with Gasteiger partial charge in [0.25, 0.3) is 0 Å². The fourth-order valence-electron chi connectivity index (χ4n) is 2.79. The number of benzene rings is 3. The molecule has 0 aromatic heterocycles. The van der Waals surface area contributed by atoms with Gasteiger partial charge >= 0.3 is 0 Å². The third-order valence-electron chi connectivity index (χ3n) is 4.15. The van der Waals surface area contributed by atoms with Crippen LogP contribution in [0, 0.1) is 0 Å². The van der Waals surface area contributed by atoms with Crippen LogP contribution >= 0.6 is 11.6 Å². The Balaban J connectivity index is 2.04. The number of hydrogen-bond donors (Lipinski definition) is 0. The highest BCUT2D eigenvalue weighted by atomic mass is 35.5. The molecule has 0 atom stereocenters. The second-order valence-electron chi connectivity index (χ2n) is 6.04. The topological polar surface area (TPSA) is 46.6 Å². The van der Waals surface area contributed by atoms with Gasteiger partial charge in [-0.2, -0.15) is 4.31 Å². The van der Waals surface area contributed by atoms with Crippen LogP contribution < -0.4 is 4.74 Å². The van der Waals surface area contributed by atoms with E-state index >= 15 is 0 Å². The number of methoxy groups -OCH3 is 1. The van der Waals surface area contributed by atoms with E-state index in [1.807, 2.05) is 60.7 Å². The molecule has 0 amide bonds. The Morgan fingerprint density at radius 3 is 1.85 bits per heavy atom. The van der Waals surface area contributed by atoms with Crippen molar-refractivity contribution < 1.29 is 13.2 Å². The molecule has 0 radical (unpaired) electrons. The van der Waals surface area contributed by atoms with E-state index in [0.29, 0.717) is 5.02 Å². The Labute approximate surface area is 165 Å². The molecule has 4 nitrogen and oxygen atoms in total. The fourth-order valence-corrected chi connectivity index (χ4v) is 4.63. The first-order chi connectivity index (χ1) is 13.0. The Kier molecular flexibility index (Phi) is 6.16. The zero-order chi connectivity index (χ0) is 19.3. The molecule has 0 spiro atoms. The van der Waals surface area contributed by atoms with Crippen LogP contribution in [-0.2, 0) is 23.1 Å². The maximum atomic E-state index is 13.5. The number of sulfonamides is 1. The van der Waals surface area contributed by atoms with Crippen molar-refractivity contribution in [3.63, 3.8) is 0 Å². The van der Waals surface area contributed by atoms with Gasteiger partial charge in [0, 0.05) is 18.1 Å². The normalized spacial score (nSPS) is 11.5. The molecule has 0 heterocycles. The van der Waals surface area contributed by atoms with Crippen LogP contribution in [0.1, 0.15) is 11.1 Å². The Morgan fingerprint density at radius 1 is 0.852 bits per heavy atom. The van der Waals surface area contributed by atoms with Gasteiger partial charge in [-0.25, -0.2) is 8.42 Å². The summed E-state index contributed by atoms with van der Waals surface area (Å²) in [7, 11) is -2.39. The standard InChI is InChI=1S/C21H20ClNO3S/c1-26-20-13-12-19(22)14-21(20)27(24,25)23(15-17-8-4-2-5-9-17)16-18-10-6-3-7-11-18/h2-14H,15-16H2,1H3. The summed E-state index contributed by atoms with van der Waals surface area (Å²) in [6.07, 6.45) is 0. The molecule has 0 aliphatic carbocycles. The minimum absolute atomic E-state index is 0.0596. The van der Waals surface area contributed by atoms with Crippen molar-refractivity contribution in [1.82, 2.24) is 4.31 Å². The van der Waals surface area contributed by atoms with Crippen molar-refractivity contribution in [1.29, 1.82) is 0 Å². The predicted molar refractivity (Wildman–Crippen MR) is 107 cm³/mol. The number of nitrogens with zero attached hydrogens (tertiary/aromatic N) is 1. The van der Waals surface area contributed by atoms with E-state index in [4.69, 9.17) is 16.3 Å². The van der Waals surface area contributed by atoms with Crippen molar-refractivity contribution in [2.45, 2.75) is 18.0 Å². The van der Waals surface area contributed by atoms with Crippen LogP contribution in [0.4, 0.5) is 0 Å². The molecule has 0 unspecified atom stereocenters. The van der Waals surface area contributed by atoms with Crippen LogP contribution in [-0.4, -0.2) is 19.8 Å². The molecule has 3 aromatic rings. The number of halogens is 1. The smallest absolute Gasteiger partial charge is 0.247 e. The lowest BCUT2D eigenvalue weighted by atomic mass is 10.2. The van der Waals surface area contributed by atoms with Crippen molar-refractivity contribution in [3.8, 4) is 5.75 Å². The van der Waals surface area contributed by atoms with E-state index in [-0.39, 0.29) is 23.7 Å². The molecule has 0 saturated carbocycles. The first-order valence-corrected chi connectivity index (χ1v) is 10.2. The highest BCUT2D eigenvalue weighted by Crippen LogP contribution is 2.31. The largest absolute Gasteiger partial charge is 0.495 e. The Morgan fingerprint density at radius 2 is 1.37 bits per heavy atom. The van der Waals surface area contributed by atoms with Gasteiger partial charge in [-0.15, -0.1) is 0 Å². The van der Waals surface area contributed by atoms with Crippen LogP contribution in [0.25, 0.3) is 0 Å². The zero-order valence-electron chi connectivity index (χ0n) is 14.9. The van der Waals surface area contributed by atoms with Gasteiger partial charge in [0.1, 0.15) is 10.6 Å². The van der Waals surface area contributed by atoms with Crippen LogP contribution in [0.5, 0.6) is 5.75 Å². The molecule has 0 fully saturated rings. The summed E-state index contributed by atoms with van der Waals surface area (Å²) in [4.78, 5) is 0.0596. The van der Waals surface area contributed by atoms with Gasteiger partial charge in [0.05, 0.1) is 7.11 Å². The van der Waals surface area contributed by atoms with E-state index in [9.17, 15) is 8.42 Å². The molecule has 0 bridgehead atoms. The van der Waals surface area contributed by atoms with Gasteiger partial charge in [-0.1, -0.05) is 72.3 Å². The van der Waals surface area contributed by atoms with Crippen molar-refractivity contribution in [2.75, 3.05) is 7.11 Å². The van der Waals surface area contributed by atoms with E-state index in [1.54, 1.807) is 12.1 Å². The lowest BCUT2D eigenvalue weighted by molar-refractivity contribution is 0.383. The third-order valence-corrected chi connectivity index (χ3v) is 6.19.